The lowest BCUT2D eigenvalue weighted by atomic mass is 10.0. The fourth-order valence-corrected chi connectivity index (χ4v) is 3.75. The number of ether oxygens (including phenoxy) is 2. The minimum Gasteiger partial charge on any atom is -0.497 e. The van der Waals surface area contributed by atoms with E-state index in [1.54, 1.807) is 42.3 Å². The van der Waals surface area contributed by atoms with Gasteiger partial charge in [0.15, 0.2) is 6.61 Å². The summed E-state index contributed by atoms with van der Waals surface area (Å²) in [6.07, 6.45) is 0.366. The number of nitrogens with zero attached hydrogens (tertiary/aromatic N) is 1. The highest BCUT2D eigenvalue weighted by atomic mass is 35.5. The van der Waals surface area contributed by atoms with Crippen molar-refractivity contribution in [2.45, 2.75) is 25.9 Å². The normalized spacial score (nSPS) is 11.4. The Hall–Kier alpha value is -3.51. The van der Waals surface area contributed by atoms with Crippen molar-refractivity contribution in [3.05, 3.63) is 95.0 Å². The minimum atomic E-state index is -0.731. The summed E-state index contributed by atoms with van der Waals surface area (Å²) < 4.78 is 10.9. The van der Waals surface area contributed by atoms with Gasteiger partial charge in [0.2, 0.25) is 5.91 Å². The number of rotatable bonds is 11. The molecule has 1 N–H and O–H groups in total. The zero-order chi connectivity index (χ0) is 24.3. The van der Waals surface area contributed by atoms with Gasteiger partial charge in [-0.1, -0.05) is 60.1 Å². The van der Waals surface area contributed by atoms with Crippen LogP contribution in [0.1, 0.15) is 18.1 Å². The van der Waals surface area contributed by atoms with E-state index < -0.39 is 6.04 Å². The van der Waals surface area contributed by atoms with Crippen LogP contribution in [0.15, 0.2) is 78.9 Å². The van der Waals surface area contributed by atoms with Crippen molar-refractivity contribution in [2.24, 2.45) is 0 Å². The highest BCUT2D eigenvalue weighted by molar-refractivity contribution is 6.31. The summed E-state index contributed by atoms with van der Waals surface area (Å²) in [5, 5.41) is 3.40. The molecule has 0 spiro atoms. The molecule has 3 aromatic rings. The van der Waals surface area contributed by atoms with Crippen LogP contribution >= 0.6 is 11.6 Å². The molecule has 6 nitrogen and oxygen atoms in total. The lowest BCUT2D eigenvalue weighted by Crippen LogP contribution is -2.51. The molecule has 34 heavy (non-hydrogen) atoms. The van der Waals surface area contributed by atoms with E-state index in [2.05, 4.69) is 5.32 Å². The molecule has 0 saturated heterocycles. The molecule has 0 radical (unpaired) electrons. The van der Waals surface area contributed by atoms with Gasteiger partial charge in [-0.25, -0.2) is 0 Å². The number of likely N-dealkylation sites (N-methyl/N-ethyl adjacent to an activating group) is 1. The van der Waals surface area contributed by atoms with E-state index in [0.29, 0.717) is 29.5 Å². The third-order valence-electron chi connectivity index (χ3n) is 5.34. The van der Waals surface area contributed by atoms with Crippen LogP contribution in [0.2, 0.25) is 5.02 Å². The number of halogens is 1. The van der Waals surface area contributed by atoms with Gasteiger partial charge in [0, 0.05) is 24.5 Å². The number of hydrogen-bond donors (Lipinski definition) is 1. The molecule has 0 aromatic heterocycles. The van der Waals surface area contributed by atoms with Crippen molar-refractivity contribution in [3.8, 4) is 11.5 Å². The number of carbonyl (C=O) groups is 2. The average molecular weight is 481 g/mol. The smallest absolute Gasteiger partial charge is 0.261 e. The summed E-state index contributed by atoms with van der Waals surface area (Å²) in [5.74, 6) is 0.682. The van der Waals surface area contributed by atoms with Crippen LogP contribution in [0.4, 0.5) is 0 Å². The predicted molar refractivity (Wildman–Crippen MR) is 133 cm³/mol. The van der Waals surface area contributed by atoms with Crippen LogP contribution in [0.3, 0.4) is 0 Å². The van der Waals surface area contributed by atoms with E-state index in [1.807, 2.05) is 55.5 Å². The van der Waals surface area contributed by atoms with Crippen LogP contribution in [0.5, 0.6) is 11.5 Å². The number of methoxy groups -OCH3 is 1. The van der Waals surface area contributed by atoms with Gasteiger partial charge >= 0.3 is 0 Å². The van der Waals surface area contributed by atoms with Crippen LogP contribution in [0, 0.1) is 0 Å². The van der Waals surface area contributed by atoms with Crippen molar-refractivity contribution < 1.29 is 19.1 Å². The Balaban J connectivity index is 1.87. The van der Waals surface area contributed by atoms with Gasteiger partial charge in [-0.05, 0) is 48.4 Å². The Morgan fingerprint density at radius 1 is 0.941 bits per heavy atom. The van der Waals surface area contributed by atoms with E-state index in [0.717, 1.165) is 11.1 Å². The van der Waals surface area contributed by atoms with Gasteiger partial charge in [0.25, 0.3) is 5.91 Å². The van der Waals surface area contributed by atoms with E-state index >= 15 is 0 Å². The summed E-state index contributed by atoms with van der Waals surface area (Å²) in [6.45, 7) is 2.27. The van der Waals surface area contributed by atoms with Crippen molar-refractivity contribution in [2.75, 3.05) is 20.3 Å². The molecular formula is C27H29ClN2O4. The number of benzene rings is 3. The van der Waals surface area contributed by atoms with E-state index in [4.69, 9.17) is 21.1 Å². The van der Waals surface area contributed by atoms with E-state index in [-0.39, 0.29) is 25.0 Å². The van der Waals surface area contributed by atoms with E-state index in [9.17, 15) is 9.59 Å². The van der Waals surface area contributed by atoms with Crippen molar-refractivity contribution in [1.82, 2.24) is 10.2 Å². The third kappa shape index (κ3) is 6.99. The summed E-state index contributed by atoms with van der Waals surface area (Å²) in [4.78, 5) is 28.1. The Morgan fingerprint density at radius 3 is 2.24 bits per heavy atom. The monoisotopic (exact) mass is 480 g/mol. The van der Waals surface area contributed by atoms with Crippen molar-refractivity contribution in [3.63, 3.8) is 0 Å². The first-order chi connectivity index (χ1) is 16.5. The molecule has 3 aromatic carbocycles. The molecule has 0 heterocycles. The van der Waals surface area contributed by atoms with Crippen LogP contribution < -0.4 is 14.8 Å². The second kappa shape index (κ2) is 12.7. The Kier molecular flexibility index (Phi) is 9.35. The SMILES string of the molecule is CCNC(=O)[C@H](Cc1ccccc1)N(Cc1ccccc1Cl)C(=O)COc1ccc(OC)cc1. The van der Waals surface area contributed by atoms with Crippen molar-refractivity contribution >= 4 is 23.4 Å². The molecule has 1 atom stereocenters. The first-order valence-electron chi connectivity index (χ1n) is 11.1. The Labute approximate surface area is 205 Å². The number of nitrogens with one attached hydrogen (secondary N) is 1. The standard InChI is InChI=1S/C27H29ClN2O4/c1-3-29-27(32)25(17-20-9-5-4-6-10-20)30(18-21-11-7-8-12-24(21)28)26(31)19-34-23-15-13-22(33-2)14-16-23/h4-16,25H,3,17-19H2,1-2H3,(H,29,32)/t25-/m0/s1. The summed E-state index contributed by atoms with van der Waals surface area (Å²) in [6, 6.07) is 23.2. The molecule has 0 bridgehead atoms. The predicted octanol–water partition coefficient (Wildman–Crippen LogP) is 4.50. The van der Waals surface area contributed by atoms with Crippen LogP contribution in [-0.2, 0) is 22.6 Å². The van der Waals surface area contributed by atoms with Gasteiger partial charge in [-0.2, -0.15) is 0 Å². The molecule has 7 heteroatoms. The summed E-state index contributed by atoms with van der Waals surface area (Å²) >= 11 is 6.40. The molecule has 0 aliphatic carbocycles. The highest BCUT2D eigenvalue weighted by Crippen LogP contribution is 2.21. The lowest BCUT2D eigenvalue weighted by molar-refractivity contribution is -0.142. The van der Waals surface area contributed by atoms with Crippen molar-refractivity contribution in [1.29, 1.82) is 0 Å². The first-order valence-corrected chi connectivity index (χ1v) is 11.5. The molecule has 0 saturated carbocycles. The minimum absolute atomic E-state index is 0.180. The van der Waals surface area contributed by atoms with E-state index in [1.165, 1.54) is 0 Å². The molecule has 0 aliphatic rings. The van der Waals surface area contributed by atoms with Crippen LogP contribution in [-0.4, -0.2) is 43.0 Å². The fraction of sp³-hybridized carbons (Fsp3) is 0.259. The topological polar surface area (TPSA) is 67.9 Å². The summed E-state index contributed by atoms with van der Waals surface area (Å²) in [7, 11) is 1.58. The third-order valence-corrected chi connectivity index (χ3v) is 5.71. The number of carbonyl (C=O) groups excluding carboxylic acids is 2. The second-order valence-electron chi connectivity index (χ2n) is 7.68. The quantitative estimate of drug-likeness (QED) is 0.438. The second-order valence-corrected chi connectivity index (χ2v) is 8.08. The van der Waals surface area contributed by atoms with Gasteiger partial charge in [-0.15, -0.1) is 0 Å². The Bertz CT molecular complexity index is 1070. The van der Waals surface area contributed by atoms with Gasteiger partial charge in [0.05, 0.1) is 7.11 Å². The zero-order valence-electron chi connectivity index (χ0n) is 19.4. The molecule has 3 rings (SSSR count). The average Bonchev–Trinajstić information content (AvgIpc) is 2.86. The van der Waals surface area contributed by atoms with Gasteiger partial charge in [-0.3, -0.25) is 9.59 Å². The molecular weight excluding hydrogens is 452 g/mol. The lowest BCUT2D eigenvalue weighted by Gasteiger charge is -2.31. The zero-order valence-corrected chi connectivity index (χ0v) is 20.1. The molecule has 0 aliphatic heterocycles. The first kappa shape index (κ1) is 25.1. The maximum atomic E-state index is 13.4. The molecule has 0 unspecified atom stereocenters. The number of amides is 2. The Morgan fingerprint density at radius 2 is 1.59 bits per heavy atom. The van der Waals surface area contributed by atoms with Crippen LogP contribution in [0.25, 0.3) is 0 Å². The maximum Gasteiger partial charge on any atom is 0.261 e. The molecule has 178 valence electrons. The summed E-state index contributed by atoms with van der Waals surface area (Å²) in [5.41, 5.74) is 1.70. The highest BCUT2D eigenvalue weighted by Gasteiger charge is 2.30. The fourth-order valence-electron chi connectivity index (χ4n) is 3.56. The molecule has 2 amide bonds. The maximum absolute atomic E-state index is 13.4. The largest absolute Gasteiger partial charge is 0.497 e. The molecule has 0 fully saturated rings. The number of hydrogen-bond acceptors (Lipinski definition) is 4. The van der Waals surface area contributed by atoms with Gasteiger partial charge in [0.1, 0.15) is 17.5 Å². The van der Waals surface area contributed by atoms with Gasteiger partial charge < -0.3 is 19.7 Å².